The lowest BCUT2D eigenvalue weighted by atomic mass is 9.93. The maximum atomic E-state index is 12.6. The van der Waals surface area contributed by atoms with E-state index >= 15 is 0 Å². The fraction of sp³-hybridized carbons (Fsp3) is 0.500. The first-order valence-corrected chi connectivity index (χ1v) is 9.33. The van der Waals surface area contributed by atoms with Crippen LogP contribution in [0.15, 0.2) is 4.42 Å². The maximum absolute atomic E-state index is 12.6. The topological polar surface area (TPSA) is 85.1 Å². The minimum absolute atomic E-state index is 0.00540. The first-order valence-electron chi connectivity index (χ1n) is 9.33. The molecule has 0 bridgehead atoms. The van der Waals surface area contributed by atoms with Crippen LogP contribution in [0.2, 0.25) is 0 Å². The summed E-state index contributed by atoms with van der Waals surface area (Å²) in [6.07, 6.45) is 5.79. The number of Topliss-reactive ketones (excluding diaryl/α,β-unsaturated/α-hetero) is 1. The van der Waals surface area contributed by atoms with Gasteiger partial charge in [0.25, 0.3) is 5.91 Å². The molecule has 26 heavy (non-hydrogen) atoms. The number of carbonyl (C=O) groups excluding carboxylic acids is 2. The zero-order valence-electron chi connectivity index (χ0n) is 15.3. The Balaban J connectivity index is 1.45. The van der Waals surface area contributed by atoms with Crippen LogP contribution in [0.3, 0.4) is 0 Å². The lowest BCUT2D eigenvalue weighted by Crippen LogP contribution is -2.28. The Morgan fingerprint density at radius 1 is 1.12 bits per heavy atom. The maximum Gasteiger partial charge on any atom is 0.255 e. The number of aromatic nitrogens is 2. The summed E-state index contributed by atoms with van der Waals surface area (Å²) in [7, 11) is 0. The summed E-state index contributed by atoms with van der Waals surface area (Å²) < 4.78 is 5.65. The van der Waals surface area contributed by atoms with Gasteiger partial charge in [-0.1, -0.05) is 0 Å². The predicted octanol–water partition coefficient (Wildman–Crippen LogP) is 2.67. The van der Waals surface area contributed by atoms with Gasteiger partial charge in [0.1, 0.15) is 17.3 Å². The molecule has 2 aromatic rings. The summed E-state index contributed by atoms with van der Waals surface area (Å²) in [6, 6.07) is 0. The van der Waals surface area contributed by atoms with Gasteiger partial charge in [0.05, 0.1) is 11.1 Å². The second-order valence-electron chi connectivity index (χ2n) is 7.12. The van der Waals surface area contributed by atoms with Crippen LogP contribution in [0.5, 0.6) is 0 Å². The number of ketones is 1. The Kier molecular flexibility index (Phi) is 4.34. The number of furan rings is 1. The van der Waals surface area contributed by atoms with Crippen LogP contribution >= 0.6 is 0 Å². The van der Waals surface area contributed by atoms with Gasteiger partial charge in [0.2, 0.25) is 0 Å². The molecule has 2 aliphatic rings. The van der Waals surface area contributed by atoms with Crippen molar-refractivity contribution in [3.8, 4) is 0 Å². The summed E-state index contributed by atoms with van der Waals surface area (Å²) in [5.74, 6) is 1.70. The lowest BCUT2D eigenvalue weighted by Gasteiger charge is -2.11. The van der Waals surface area contributed by atoms with E-state index in [1.165, 1.54) is 5.56 Å². The van der Waals surface area contributed by atoms with Crippen molar-refractivity contribution in [1.29, 1.82) is 0 Å². The van der Waals surface area contributed by atoms with Crippen LogP contribution in [-0.2, 0) is 25.7 Å². The van der Waals surface area contributed by atoms with Gasteiger partial charge in [-0.25, -0.2) is 9.97 Å². The van der Waals surface area contributed by atoms with E-state index < -0.39 is 0 Å². The summed E-state index contributed by atoms with van der Waals surface area (Å²) in [4.78, 5) is 34.0. The predicted molar refractivity (Wildman–Crippen MR) is 95.5 cm³/mol. The third-order valence-electron chi connectivity index (χ3n) is 5.29. The Hall–Kier alpha value is -2.50. The molecular weight excluding hydrogens is 330 g/mol. The van der Waals surface area contributed by atoms with E-state index in [0.29, 0.717) is 42.0 Å². The quantitative estimate of drug-likeness (QED) is 0.913. The third-order valence-corrected chi connectivity index (χ3v) is 5.29. The number of fused-ring (bicyclic) bond motifs is 2. The number of hydrogen-bond donors (Lipinski definition) is 1. The molecule has 0 saturated carbocycles. The van der Waals surface area contributed by atoms with Crippen molar-refractivity contribution in [2.75, 3.05) is 6.54 Å². The third kappa shape index (κ3) is 2.93. The standard InChI is InChI=1S/C20H23N3O3/c1-11-13-5-3-6-14(13)23-17(22-11)9-10-21-20(25)18-12(2)26-16-8-4-7-15(24)19(16)18/h3-10H2,1-2H3,(H,21,25). The highest BCUT2D eigenvalue weighted by Gasteiger charge is 2.30. The van der Waals surface area contributed by atoms with E-state index in [0.717, 1.165) is 49.3 Å². The number of nitrogens with zero attached hydrogens (tertiary/aromatic N) is 2. The summed E-state index contributed by atoms with van der Waals surface area (Å²) in [6.45, 7) is 4.21. The minimum atomic E-state index is -0.249. The van der Waals surface area contributed by atoms with Crippen LogP contribution in [0.4, 0.5) is 0 Å². The molecular formula is C20H23N3O3. The Bertz CT molecular complexity index is 898. The lowest BCUT2D eigenvalue weighted by molar-refractivity contribution is 0.0927. The largest absolute Gasteiger partial charge is 0.465 e. The van der Waals surface area contributed by atoms with E-state index in [1.807, 2.05) is 6.92 Å². The molecule has 0 radical (unpaired) electrons. The van der Waals surface area contributed by atoms with Crippen molar-refractivity contribution in [2.45, 2.75) is 58.8 Å². The van der Waals surface area contributed by atoms with Gasteiger partial charge in [-0.15, -0.1) is 0 Å². The Morgan fingerprint density at radius 2 is 1.92 bits per heavy atom. The zero-order valence-corrected chi connectivity index (χ0v) is 15.3. The molecule has 2 aliphatic carbocycles. The van der Waals surface area contributed by atoms with Crippen LogP contribution < -0.4 is 5.32 Å². The Labute approximate surface area is 152 Å². The number of aryl methyl sites for hydroxylation is 4. The molecule has 6 nitrogen and oxygen atoms in total. The van der Waals surface area contributed by atoms with Gasteiger partial charge in [0.15, 0.2) is 5.78 Å². The van der Waals surface area contributed by atoms with Gasteiger partial charge >= 0.3 is 0 Å². The smallest absolute Gasteiger partial charge is 0.255 e. The summed E-state index contributed by atoms with van der Waals surface area (Å²) >= 11 is 0. The van der Waals surface area contributed by atoms with Crippen molar-refractivity contribution in [3.05, 3.63) is 45.4 Å². The fourth-order valence-corrected chi connectivity index (χ4v) is 4.05. The van der Waals surface area contributed by atoms with Crippen LogP contribution in [0.1, 0.15) is 74.3 Å². The second-order valence-corrected chi connectivity index (χ2v) is 7.12. The Morgan fingerprint density at radius 3 is 2.77 bits per heavy atom. The SMILES string of the molecule is Cc1nc(CCNC(=O)c2c(C)oc3c2C(=O)CCC3)nc2c1CCC2. The van der Waals surface area contributed by atoms with Crippen LogP contribution in [0.25, 0.3) is 0 Å². The molecule has 0 atom stereocenters. The molecule has 0 unspecified atom stereocenters. The van der Waals surface area contributed by atoms with Gasteiger partial charge in [0, 0.05) is 37.2 Å². The first-order chi connectivity index (χ1) is 12.5. The molecule has 1 amide bonds. The molecule has 2 aromatic heterocycles. The highest BCUT2D eigenvalue weighted by Crippen LogP contribution is 2.29. The second kappa shape index (κ2) is 6.67. The minimum Gasteiger partial charge on any atom is -0.465 e. The molecule has 0 spiro atoms. The van der Waals surface area contributed by atoms with Gasteiger partial charge < -0.3 is 9.73 Å². The average Bonchev–Trinajstić information content (AvgIpc) is 3.19. The van der Waals surface area contributed by atoms with Crippen molar-refractivity contribution in [1.82, 2.24) is 15.3 Å². The van der Waals surface area contributed by atoms with Crippen molar-refractivity contribution in [2.24, 2.45) is 0 Å². The molecule has 6 heteroatoms. The summed E-state index contributed by atoms with van der Waals surface area (Å²) in [5.41, 5.74) is 4.38. The van der Waals surface area contributed by atoms with Crippen LogP contribution in [-0.4, -0.2) is 28.2 Å². The molecule has 0 saturated heterocycles. The van der Waals surface area contributed by atoms with E-state index in [-0.39, 0.29) is 11.7 Å². The normalized spacial score (nSPS) is 15.7. The molecule has 2 heterocycles. The first kappa shape index (κ1) is 16.9. The number of rotatable bonds is 4. The average molecular weight is 353 g/mol. The van der Waals surface area contributed by atoms with E-state index in [4.69, 9.17) is 4.42 Å². The summed E-state index contributed by atoms with van der Waals surface area (Å²) in [5, 5.41) is 2.90. The molecule has 136 valence electrons. The van der Waals surface area contributed by atoms with E-state index in [2.05, 4.69) is 15.3 Å². The number of carbonyl (C=O) groups is 2. The van der Waals surface area contributed by atoms with Gasteiger partial charge in [-0.05, 0) is 45.1 Å². The fourth-order valence-electron chi connectivity index (χ4n) is 4.05. The van der Waals surface area contributed by atoms with Crippen molar-refractivity contribution in [3.63, 3.8) is 0 Å². The molecule has 0 fully saturated rings. The van der Waals surface area contributed by atoms with Crippen molar-refractivity contribution >= 4 is 11.7 Å². The molecule has 0 aliphatic heterocycles. The highest BCUT2D eigenvalue weighted by molar-refractivity contribution is 6.09. The highest BCUT2D eigenvalue weighted by atomic mass is 16.3. The molecule has 4 rings (SSSR count). The zero-order chi connectivity index (χ0) is 18.3. The monoisotopic (exact) mass is 353 g/mol. The van der Waals surface area contributed by atoms with Gasteiger partial charge in [-0.2, -0.15) is 0 Å². The van der Waals surface area contributed by atoms with E-state index in [1.54, 1.807) is 6.92 Å². The number of amides is 1. The van der Waals surface area contributed by atoms with E-state index in [9.17, 15) is 9.59 Å². The number of nitrogens with one attached hydrogen (secondary N) is 1. The number of hydrogen-bond acceptors (Lipinski definition) is 5. The molecule has 1 N–H and O–H groups in total. The van der Waals surface area contributed by atoms with Crippen molar-refractivity contribution < 1.29 is 14.0 Å². The molecule has 0 aromatic carbocycles. The van der Waals surface area contributed by atoms with Crippen LogP contribution in [0, 0.1) is 13.8 Å². The van der Waals surface area contributed by atoms with Gasteiger partial charge in [-0.3, -0.25) is 9.59 Å².